The fourth-order valence-electron chi connectivity index (χ4n) is 3.40. The van der Waals surface area contributed by atoms with Gasteiger partial charge in [-0.25, -0.2) is 9.78 Å². The zero-order chi connectivity index (χ0) is 21.3. The molecule has 0 fully saturated rings. The number of aryl methyl sites for hydroxylation is 1. The van der Waals surface area contributed by atoms with Gasteiger partial charge in [-0.2, -0.15) is 0 Å². The van der Waals surface area contributed by atoms with Gasteiger partial charge in [0.2, 0.25) is 0 Å². The van der Waals surface area contributed by atoms with E-state index in [-0.39, 0.29) is 0 Å². The van der Waals surface area contributed by atoms with E-state index in [4.69, 9.17) is 11.6 Å². The number of carboxylic acid groups (broad SMARTS) is 1. The molecule has 0 unspecified atom stereocenters. The van der Waals surface area contributed by atoms with Gasteiger partial charge in [0.05, 0.1) is 18.4 Å². The van der Waals surface area contributed by atoms with Crippen molar-refractivity contribution in [3.8, 4) is 0 Å². The molecule has 30 heavy (non-hydrogen) atoms. The maximum Gasteiger partial charge on any atom is 0.332 e. The first-order chi connectivity index (χ1) is 14.6. The van der Waals surface area contributed by atoms with Gasteiger partial charge in [-0.3, -0.25) is 0 Å². The number of carbonyl (C=O) groups is 1. The highest BCUT2D eigenvalue weighted by molar-refractivity contribution is 7.09. The average Bonchev–Trinajstić information content (AvgIpc) is 3.37. The van der Waals surface area contributed by atoms with Crippen molar-refractivity contribution in [1.29, 1.82) is 0 Å². The van der Waals surface area contributed by atoms with E-state index in [1.54, 1.807) is 23.6 Å². The molecule has 0 aliphatic rings. The van der Waals surface area contributed by atoms with E-state index in [9.17, 15) is 9.90 Å². The van der Waals surface area contributed by atoms with Crippen molar-refractivity contribution in [2.24, 2.45) is 0 Å². The Bertz CT molecular complexity index is 993. The molecule has 3 aromatic rings. The second-order valence-corrected chi connectivity index (χ2v) is 8.76. The molecule has 4 nitrogen and oxygen atoms in total. The van der Waals surface area contributed by atoms with Gasteiger partial charge in [0, 0.05) is 28.3 Å². The van der Waals surface area contributed by atoms with Crippen molar-refractivity contribution in [2.75, 3.05) is 0 Å². The number of aromatic nitrogens is 2. The maximum atomic E-state index is 11.9. The van der Waals surface area contributed by atoms with Crippen LogP contribution in [0.15, 0.2) is 53.5 Å². The van der Waals surface area contributed by atoms with Crippen LogP contribution in [0.5, 0.6) is 0 Å². The molecule has 2 heterocycles. The topological polar surface area (TPSA) is 55.1 Å². The largest absolute Gasteiger partial charge is 0.478 e. The van der Waals surface area contributed by atoms with E-state index in [0.29, 0.717) is 23.6 Å². The molecule has 158 valence electrons. The van der Waals surface area contributed by atoms with Gasteiger partial charge in [-0.05, 0) is 35.6 Å². The molecule has 6 heteroatoms. The van der Waals surface area contributed by atoms with Crippen molar-refractivity contribution >= 4 is 35.0 Å². The molecule has 3 rings (SSSR count). The van der Waals surface area contributed by atoms with Gasteiger partial charge >= 0.3 is 5.97 Å². The highest BCUT2D eigenvalue weighted by Crippen LogP contribution is 2.22. The van der Waals surface area contributed by atoms with E-state index in [1.807, 2.05) is 41.8 Å². The predicted octanol–water partition coefficient (Wildman–Crippen LogP) is 6.48. The van der Waals surface area contributed by atoms with Crippen LogP contribution in [0, 0.1) is 0 Å². The lowest BCUT2D eigenvalue weighted by molar-refractivity contribution is -0.132. The van der Waals surface area contributed by atoms with Crippen LogP contribution in [0.3, 0.4) is 0 Å². The van der Waals surface area contributed by atoms with Crippen LogP contribution in [0.2, 0.25) is 5.02 Å². The lowest BCUT2D eigenvalue weighted by atomic mass is 10.1. The second-order valence-electron chi connectivity index (χ2n) is 7.32. The van der Waals surface area contributed by atoms with Crippen LogP contribution in [-0.2, 0) is 24.2 Å². The van der Waals surface area contributed by atoms with Gasteiger partial charge in [0.25, 0.3) is 0 Å². The summed E-state index contributed by atoms with van der Waals surface area (Å²) in [5, 5.41) is 12.4. The van der Waals surface area contributed by atoms with Gasteiger partial charge in [-0.1, -0.05) is 62.1 Å². The number of rotatable bonds is 11. The Balaban J connectivity index is 1.92. The minimum Gasteiger partial charge on any atom is -0.478 e. The van der Waals surface area contributed by atoms with Crippen molar-refractivity contribution in [2.45, 2.75) is 52.0 Å². The lowest BCUT2D eigenvalue weighted by Crippen LogP contribution is -2.09. The molecule has 1 aromatic carbocycles. The van der Waals surface area contributed by atoms with Crippen LogP contribution < -0.4 is 0 Å². The third-order valence-corrected chi connectivity index (χ3v) is 6.30. The number of nitrogens with zero attached hydrogens (tertiary/aromatic N) is 2. The third kappa shape index (κ3) is 6.07. The molecule has 0 radical (unpaired) electrons. The average molecular weight is 443 g/mol. The summed E-state index contributed by atoms with van der Waals surface area (Å²) in [7, 11) is 0. The number of halogens is 1. The number of aliphatic carboxylic acids is 1. The molecular weight excluding hydrogens is 416 g/mol. The molecular formula is C24H27ClN2O2S. The van der Waals surface area contributed by atoms with Crippen molar-refractivity contribution < 1.29 is 9.90 Å². The van der Waals surface area contributed by atoms with Gasteiger partial charge in [0.1, 0.15) is 5.82 Å². The predicted molar refractivity (Wildman–Crippen MR) is 124 cm³/mol. The number of hydrogen-bond acceptors (Lipinski definition) is 3. The van der Waals surface area contributed by atoms with Crippen molar-refractivity contribution in [3.63, 3.8) is 0 Å². The van der Waals surface area contributed by atoms with Crippen molar-refractivity contribution in [1.82, 2.24) is 9.55 Å². The quantitative estimate of drug-likeness (QED) is 0.273. The fraction of sp³-hybridized carbons (Fsp3) is 0.333. The van der Waals surface area contributed by atoms with E-state index in [2.05, 4.69) is 16.5 Å². The molecule has 0 amide bonds. The van der Waals surface area contributed by atoms with Gasteiger partial charge in [-0.15, -0.1) is 11.3 Å². The Morgan fingerprint density at radius 2 is 2.03 bits per heavy atom. The van der Waals surface area contributed by atoms with Crippen LogP contribution in [0.1, 0.15) is 54.6 Å². The van der Waals surface area contributed by atoms with Crippen molar-refractivity contribution in [3.05, 3.63) is 80.5 Å². The van der Waals surface area contributed by atoms with E-state index in [1.165, 1.54) is 19.3 Å². The summed E-state index contributed by atoms with van der Waals surface area (Å²) in [6.45, 7) is 2.77. The summed E-state index contributed by atoms with van der Waals surface area (Å²) in [5.41, 5.74) is 2.15. The molecule has 0 aliphatic carbocycles. The first kappa shape index (κ1) is 22.3. The monoisotopic (exact) mass is 442 g/mol. The summed E-state index contributed by atoms with van der Waals surface area (Å²) in [5.74, 6) is 0.0662. The molecule has 0 aliphatic heterocycles. The van der Waals surface area contributed by atoms with E-state index in [0.717, 1.165) is 34.8 Å². The van der Waals surface area contributed by atoms with Crippen LogP contribution in [0.25, 0.3) is 6.08 Å². The molecule has 2 aromatic heterocycles. The smallest absolute Gasteiger partial charge is 0.332 e. The minimum absolute atomic E-state index is 0.357. The summed E-state index contributed by atoms with van der Waals surface area (Å²) in [4.78, 5) is 17.6. The highest BCUT2D eigenvalue weighted by atomic mass is 35.5. The summed E-state index contributed by atoms with van der Waals surface area (Å²) < 4.78 is 2.10. The van der Waals surface area contributed by atoms with Crippen LogP contribution >= 0.6 is 22.9 Å². The molecule has 0 saturated carbocycles. The number of hydrogen-bond donors (Lipinski definition) is 1. The number of unbranched alkanes of at least 4 members (excludes halogenated alkanes) is 3. The van der Waals surface area contributed by atoms with E-state index >= 15 is 0 Å². The summed E-state index contributed by atoms with van der Waals surface area (Å²) in [6.07, 6.45) is 9.43. The summed E-state index contributed by atoms with van der Waals surface area (Å²) in [6, 6.07) is 11.7. The van der Waals surface area contributed by atoms with E-state index < -0.39 is 5.97 Å². The number of imidazole rings is 1. The minimum atomic E-state index is -0.904. The molecule has 0 spiro atoms. The lowest BCUT2D eigenvalue weighted by Gasteiger charge is -2.12. The first-order valence-corrected chi connectivity index (χ1v) is 11.6. The zero-order valence-electron chi connectivity index (χ0n) is 17.2. The number of thiophene rings is 1. The maximum absolute atomic E-state index is 11.9. The standard InChI is InChI=1S/C24H27ClN2O2S/c1-2-3-4-5-12-23-26-16-20(27(23)17-18-9-6-7-11-22(18)25)14-19(24(28)29)15-21-10-8-13-30-21/h6-11,13-14,16H,2-5,12,15,17H2,1H3,(H,28,29)/b19-14+. The number of benzene rings is 1. The Morgan fingerprint density at radius 3 is 2.73 bits per heavy atom. The zero-order valence-corrected chi connectivity index (χ0v) is 18.8. The number of carboxylic acids is 1. The molecule has 0 bridgehead atoms. The Morgan fingerprint density at radius 1 is 1.20 bits per heavy atom. The summed E-state index contributed by atoms with van der Waals surface area (Å²) >= 11 is 7.97. The normalized spacial score (nSPS) is 11.7. The first-order valence-electron chi connectivity index (χ1n) is 10.3. The SMILES string of the molecule is CCCCCCc1ncc(/C=C(\Cc2cccs2)C(=O)O)n1Cc1ccccc1Cl. The second kappa shape index (κ2) is 11.1. The van der Waals surface area contributed by atoms with Crippen LogP contribution in [-0.4, -0.2) is 20.6 Å². The van der Waals surface area contributed by atoms with Gasteiger partial charge in [0.15, 0.2) is 0 Å². The Kier molecular flexibility index (Phi) is 8.29. The molecule has 0 atom stereocenters. The van der Waals surface area contributed by atoms with Gasteiger partial charge < -0.3 is 9.67 Å². The fourth-order valence-corrected chi connectivity index (χ4v) is 4.32. The molecule has 1 N–H and O–H groups in total. The highest BCUT2D eigenvalue weighted by Gasteiger charge is 2.15. The van der Waals surface area contributed by atoms with Crippen LogP contribution in [0.4, 0.5) is 0 Å². The Hall–Kier alpha value is -2.37. The molecule has 0 saturated heterocycles. The Labute approximate surface area is 186 Å². The third-order valence-electron chi connectivity index (χ3n) is 5.05.